The SMILES string of the molecule is CCCCCCCCCC(=O)O[C@H](COC(=O)CCCCCC)CO[C@@H]1O[C@H](CS(=O)(=O)O)[C@@H](O)[C@H](O)[C@H]1O. The number of esters is 2. The van der Waals surface area contributed by atoms with E-state index in [2.05, 4.69) is 13.8 Å². The van der Waals surface area contributed by atoms with Gasteiger partial charge >= 0.3 is 11.9 Å². The molecular formula is C26H48O12S. The normalized spacial score (nSPS) is 24.3. The van der Waals surface area contributed by atoms with Gasteiger partial charge in [0, 0.05) is 12.8 Å². The lowest BCUT2D eigenvalue weighted by Gasteiger charge is -2.40. The Morgan fingerprint density at radius 2 is 1.31 bits per heavy atom. The van der Waals surface area contributed by atoms with Crippen LogP contribution in [-0.4, -0.2) is 96.0 Å². The highest BCUT2D eigenvalue weighted by Gasteiger charge is 2.46. The van der Waals surface area contributed by atoms with Gasteiger partial charge in [-0.25, -0.2) is 0 Å². The topological polar surface area (TPSA) is 186 Å². The molecule has 0 bridgehead atoms. The van der Waals surface area contributed by atoms with E-state index in [1.807, 2.05) is 0 Å². The Bertz CT molecular complexity index is 790. The van der Waals surface area contributed by atoms with Crippen LogP contribution in [0.4, 0.5) is 0 Å². The summed E-state index contributed by atoms with van der Waals surface area (Å²) in [4.78, 5) is 24.5. The first-order valence-corrected chi connectivity index (χ1v) is 15.7. The third-order valence-corrected chi connectivity index (χ3v) is 7.19. The number of aliphatic hydroxyl groups excluding tert-OH is 3. The van der Waals surface area contributed by atoms with Crippen molar-refractivity contribution in [3.63, 3.8) is 0 Å². The summed E-state index contributed by atoms with van der Waals surface area (Å²) in [5.41, 5.74) is 0. The van der Waals surface area contributed by atoms with E-state index in [0.717, 1.165) is 51.4 Å². The molecular weight excluding hydrogens is 536 g/mol. The molecule has 12 nitrogen and oxygen atoms in total. The highest BCUT2D eigenvalue weighted by atomic mass is 32.2. The Balaban J connectivity index is 2.68. The summed E-state index contributed by atoms with van der Waals surface area (Å²) in [6, 6.07) is 0. The van der Waals surface area contributed by atoms with Crippen molar-refractivity contribution < 1.29 is 56.8 Å². The molecule has 0 unspecified atom stereocenters. The van der Waals surface area contributed by atoms with Crippen LogP contribution in [0.3, 0.4) is 0 Å². The Kier molecular flexibility index (Phi) is 18.0. The van der Waals surface area contributed by atoms with Crippen molar-refractivity contribution in [3.05, 3.63) is 0 Å². The molecule has 13 heteroatoms. The van der Waals surface area contributed by atoms with E-state index in [1.54, 1.807) is 0 Å². The summed E-state index contributed by atoms with van der Waals surface area (Å²) in [6.07, 6.45) is 1.49. The molecule has 0 spiro atoms. The highest BCUT2D eigenvalue weighted by Crippen LogP contribution is 2.23. The van der Waals surface area contributed by atoms with E-state index in [4.69, 9.17) is 23.5 Å². The number of unbranched alkanes of at least 4 members (excludes halogenated alkanes) is 9. The van der Waals surface area contributed by atoms with Crippen LogP contribution in [0.15, 0.2) is 0 Å². The van der Waals surface area contributed by atoms with Crippen LogP contribution in [-0.2, 0) is 38.7 Å². The van der Waals surface area contributed by atoms with Crippen molar-refractivity contribution in [1.82, 2.24) is 0 Å². The predicted octanol–water partition coefficient (Wildman–Crippen LogP) is 2.26. The third kappa shape index (κ3) is 15.9. The molecule has 1 fully saturated rings. The first kappa shape index (κ1) is 35.7. The first-order chi connectivity index (χ1) is 18.5. The third-order valence-electron chi connectivity index (χ3n) is 6.44. The standard InChI is InChI=1S/C26H48O12S/c1-3-5-7-9-10-11-13-15-22(28)37-19(16-35-21(27)14-12-8-6-4-2)17-36-26-25(31)24(30)23(29)20(38-26)18-39(32,33)34/h19-20,23-26,29-31H,3-18H2,1-2H3,(H,32,33,34)/t19-,20-,23-,24+,25-,26-/m1/s1. The zero-order valence-corrected chi connectivity index (χ0v) is 24.1. The molecule has 0 aliphatic carbocycles. The molecule has 0 aromatic rings. The fourth-order valence-electron chi connectivity index (χ4n) is 4.14. The van der Waals surface area contributed by atoms with E-state index in [9.17, 15) is 33.3 Å². The first-order valence-electron chi connectivity index (χ1n) is 14.1. The second-order valence-corrected chi connectivity index (χ2v) is 11.6. The van der Waals surface area contributed by atoms with Crippen LogP contribution in [0.25, 0.3) is 0 Å². The van der Waals surface area contributed by atoms with E-state index in [0.29, 0.717) is 12.8 Å². The summed E-state index contributed by atoms with van der Waals surface area (Å²) in [5.74, 6) is -2.01. The van der Waals surface area contributed by atoms with Crippen molar-refractivity contribution in [3.8, 4) is 0 Å². The molecule has 0 aromatic heterocycles. The van der Waals surface area contributed by atoms with Crippen LogP contribution in [0.2, 0.25) is 0 Å². The van der Waals surface area contributed by atoms with Crippen molar-refractivity contribution in [1.29, 1.82) is 0 Å². The van der Waals surface area contributed by atoms with Crippen molar-refractivity contribution >= 4 is 22.1 Å². The molecule has 0 radical (unpaired) electrons. The van der Waals surface area contributed by atoms with Gasteiger partial charge in [0.2, 0.25) is 0 Å². The second-order valence-electron chi connectivity index (χ2n) is 10.1. The van der Waals surface area contributed by atoms with Gasteiger partial charge < -0.3 is 34.3 Å². The van der Waals surface area contributed by atoms with Crippen molar-refractivity contribution in [2.75, 3.05) is 19.0 Å². The number of hydrogen-bond acceptors (Lipinski definition) is 11. The maximum Gasteiger partial charge on any atom is 0.306 e. The molecule has 6 atom stereocenters. The lowest BCUT2D eigenvalue weighted by molar-refractivity contribution is -0.297. The van der Waals surface area contributed by atoms with E-state index < -0.39 is 71.2 Å². The minimum absolute atomic E-state index is 0.166. The van der Waals surface area contributed by atoms with E-state index in [1.165, 1.54) is 6.42 Å². The van der Waals surface area contributed by atoms with Gasteiger partial charge in [0.25, 0.3) is 10.1 Å². The van der Waals surface area contributed by atoms with Gasteiger partial charge in [-0.2, -0.15) is 8.42 Å². The largest absolute Gasteiger partial charge is 0.462 e. The smallest absolute Gasteiger partial charge is 0.306 e. The van der Waals surface area contributed by atoms with Crippen LogP contribution < -0.4 is 0 Å². The van der Waals surface area contributed by atoms with Gasteiger partial charge in [-0.15, -0.1) is 0 Å². The Morgan fingerprint density at radius 3 is 1.90 bits per heavy atom. The molecule has 0 aromatic carbocycles. The van der Waals surface area contributed by atoms with Gasteiger partial charge in [0.05, 0.1) is 6.61 Å². The Morgan fingerprint density at radius 1 is 0.769 bits per heavy atom. The number of carbonyl (C=O) groups excluding carboxylic acids is 2. The van der Waals surface area contributed by atoms with Crippen LogP contribution >= 0.6 is 0 Å². The summed E-state index contributed by atoms with van der Waals surface area (Å²) in [6.45, 7) is 3.48. The fourth-order valence-corrected chi connectivity index (χ4v) is 4.83. The van der Waals surface area contributed by atoms with Gasteiger partial charge in [0.1, 0.15) is 36.8 Å². The monoisotopic (exact) mass is 584 g/mol. The predicted molar refractivity (Wildman–Crippen MR) is 141 cm³/mol. The summed E-state index contributed by atoms with van der Waals surface area (Å²) in [5, 5.41) is 30.3. The van der Waals surface area contributed by atoms with Crippen LogP contribution in [0, 0.1) is 0 Å². The summed E-state index contributed by atoms with van der Waals surface area (Å²) < 4.78 is 53.0. The lowest BCUT2D eigenvalue weighted by Crippen LogP contribution is -2.60. The molecule has 0 amide bonds. The number of rotatable bonds is 21. The van der Waals surface area contributed by atoms with Gasteiger partial charge in [-0.05, 0) is 12.8 Å². The minimum Gasteiger partial charge on any atom is -0.462 e. The van der Waals surface area contributed by atoms with Crippen molar-refractivity contribution in [2.45, 2.75) is 134 Å². The molecule has 1 rings (SSSR count). The second kappa shape index (κ2) is 19.7. The number of aliphatic hydroxyl groups is 3. The van der Waals surface area contributed by atoms with Crippen molar-refractivity contribution in [2.24, 2.45) is 0 Å². The van der Waals surface area contributed by atoms with Gasteiger partial charge in [-0.1, -0.05) is 71.6 Å². The Hall–Kier alpha value is -1.35. The fraction of sp³-hybridized carbons (Fsp3) is 0.923. The average Bonchev–Trinajstić information content (AvgIpc) is 2.87. The Labute approximate surface area is 232 Å². The maximum absolute atomic E-state index is 12.4. The van der Waals surface area contributed by atoms with Crippen LogP contribution in [0.1, 0.15) is 97.3 Å². The van der Waals surface area contributed by atoms with Crippen LogP contribution in [0.5, 0.6) is 0 Å². The lowest BCUT2D eigenvalue weighted by atomic mass is 10.00. The van der Waals surface area contributed by atoms with E-state index in [-0.39, 0.29) is 19.4 Å². The van der Waals surface area contributed by atoms with Gasteiger partial charge in [0.15, 0.2) is 12.4 Å². The number of carbonyl (C=O) groups is 2. The van der Waals surface area contributed by atoms with Gasteiger partial charge in [-0.3, -0.25) is 14.1 Å². The molecule has 1 saturated heterocycles. The molecule has 1 heterocycles. The number of ether oxygens (including phenoxy) is 4. The zero-order valence-electron chi connectivity index (χ0n) is 23.2. The average molecular weight is 585 g/mol. The molecule has 39 heavy (non-hydrogen) atoms. The summed E-state index contributed by atoms with van der Waals surface area (Å²) >= 11 is 0. The molecule has 1 aliphatic rings. The zero-order chi connectivity index (χ0) is 29.3. The van der Waals surface area contributed by atoms with E-state index >= 15 is 0 Å². The molecule has 230 valence electrons. The highest BCUT2D eigenvalue weighted by molar-refractivity contribution is 7.85. The molecule has 4 N–H and O–H groups in total. The maximum atomic E-state index is 12.4. The number of hydrogen-bond donors (Lipinski definition) is 4. The molecule has 0 saturated carbocycles. The molecule has 1 aliphatic heterocycles. The quantitative estimate of drug-likeness (QED) is 0.0877. The summed E-state index contributed by atoms with van der Waals surface area (Å²) in [7, 11) is -4.58. The minimum atomic E-state index is -4.58.